The highest BCUT2D eigenvalue weighted by Gasteiger charge is 2.18. The quantitative estimate of drug-likeness (QED) is 0.416. The van der Waals surface area contributed by atoms with Crippen LogP contribution < -0.4 is 20.4 Å². The van der Waals surface area contributed by atoms with Gasteiger partial charge in [0.05, 0.1) is 30.9 Å². The number of nitro benzene ring substituents is 1. The van der Waals surface area contributed by atoms with Crippen molar-refractivity contribution in [2.45, 2.75) is 0 Å². The molecule has 1 amide bonds. The van der Waals surface area contributed by atoms with E-state index < -0.39 is 16.5 Å². The molecule has 0 saturated carbocycles. The van der Waals surface area contributed by atoms with Crippen molar-refractivity contribution in [3.8, 4) is 11.5 Å². The van der Waals surface area contributed by atoms with Crippen LogP contribution in [0.25, 0.3) is 11.0 Å². The van der Waals surface area contributed by atoms with Crippen LogP contribution in [0.2, 0.25) is 0 Å². The first-order valence-electron chi connectivity index (χ1n) is 7.68. The summed E-state index contributed by atoms with van der Waals surface area (Å²) in [6.45, 7) is 0. The van der Waals surface area contributed by atoms with Gasteiger partial charge in [0.2, 0.25) is 0 Å². The van der Waals surface area contributed by atoms with Gasteiger partial charge in [0.1, 0.15) is 22.6 Å². The summed E-state index contributed by atoms with van der Waals surface area (Å²) < 4.78 is 15.3. The summed E-state index contributed by atoms with van der Waals surface area (Å²) in [5.41, 5.74) is -0.743. The highest BCUT2D eigenvalue weighted by Crippen LogP contribution is 2.29. The van der Waals surface area contributed by atoms with E-state index in [2.05, 4.69) is 5.32 Å². The second kappa shape index (κ2) is 7.16. The second-order valence-corrected chi connectivity index (χ2v) is 5.45. The van der Waals surface area contributed by atoms with Crippen molar-refractivity contribution < 1.29 is 23.6 Å². The second-order valence-electron chi connectivity index (χ2n) is 5.45. The molecule has 0 spiro atoms. The molecule has 2 aromatic carbocycles. The zero-order valence-electron chi connectivity index (χ0n) is 14.3. The van der Waals surface area contributed by atoms with Gasteiger partial charge in [-0.25, -0.2) is 4.79 Å². The topological polar surface area (TPSA) is 121 Å². The number of nitro groups is 1. The number of non-ortho nitro benzene ring substituents is 1. The van der Waals surface area contributed by atoms with Crippen LogP contribution in [0.4, 0.5) is 11.4 Å². The van der Waals surface area contributed by atoms with Gasteiger partial charge in [-0.15, -0.1) is 0 Å². The van der Waals surface area contributed by atoms with E-state index in [0.29, 0.717) is 16.7 Å². The maximum absolute atomic E-state index is 12.5. The monoisotopic (exact) mass is 370 g/mol. The minimum atomic E-state index is -0.814. The molecule has 0 atom stereocenters. The lowest BCUT2D eigenvalue weighted by molar-refractivity contribution is -0.384. The van der Waals surface area contributed by atoms with E-state index in [1.807, 2.05) is 0 Å². The Morgan fingerprint density at radius 1 is 1.11 bits per heavy atom. The molecule has 138 valence electrons. The summed E-state index contributed by atoms with van der Waals surface area (Å²) >= 11 is 0. The summed E-state index contributed by atoms with van der Waals surface area (Å²) in [4.78, 5) is 34.9. The first kappa shape index (κ1) is 17.9. The molecule has 0 saturated heterocycles. The number of carbonyl (C=O) groups is 1. The molecule has 0 unspecified atom stereocenters. The van der Waals surface area contributed by atoms with Crippen LogP contribution in [0.15, 0.2) is 51.7 Å². The zero-order chi connectivity index (χ0) is 19.6. The molecule has 27 heavy (non-hydrogen) atoms. The summed E-state index contributed by atoms with van der Waals surface area (Å²) in [5.74, 6) is -0.107. The third kappa shape index (κ3) is 3.56. The van der Waals surface area contributed by atoms with Crippen LogP contribution in [0, 0.1) is 10.1 Å². The molecule has 0 bridgehead atoms. The maximum Gasteiger partial charge on any atom is 0.349 e. The molecule has 1 N–H and O–H groups in total. The highest BCUT2D eigenvalue weighted by molar-refractivity contribution is 6.06. The van der Waals surface area contributed by atoms with Crippen LogP contribution in [0.1, 0.15) is 10.4 Å². The maximum atomic E-state index is 12.5. The smallest absolute Gasteiger partial charge is 0.349 e. The number of methoxy groups -OCH3 is 2. The number of anilines is 1. The zero-order valence-corrected chi connectivity index (χ0v) is 14.3. The molecular formula is C18H14N2O7. The summed E-state index contributed by atoms with van der Waals surface area (Å²) in [6.07, 6.45) is 0. The lowest BCUT2D eigenvalue weighted by Gasteiger charge is -2.10. The van der Waals surface area contributed by atoms with Gasteiger partial charge in [-0.1, -0.05) is 0 Å². The van der Waals surface area contributed by atoms with Crippen LogP contribution >= 0.6 is 0 Å². The summed E-state index contributed by atoms with van der Waals surface area (Å²) in [5, 5.41) is 13.9. The molecule has 9 heteroatoms. The number of nitrogens with one attached hydrogen (secondary N) is 1. The Kier molecular flexibility index (Phi) is 4.75. The molecule has 0 radical (unpaired) electrons. The Balaban J connectivity index is 1.97. The fourth-order valence-electron chi connectivity index (χ4n) is 2.47. The Morgan fingerprint density at radius 3 is 2.56 bits per heavy atom. The minimum absolute atomic E-state index is 0.0874. The van der Waals surface area contributed by atoms with Crippen molar-refractivity contribution in [3.05, 3.63) is 68.6 Å². The van der Waals surface area contributed by atoms with Gasteiger partial charge in [-0.05, 0) is 30.3 Å². The SMILES string of the molecule is COc1ccc2oc(=O)c(C(=O)Nc3ccc([N+](=O)[O-])cc3OC)cc2c1. The lowest BCUT2D eigenvalue weighted by Crippen LogP contribution is -2.21. The molecule has 0 aliphatic rings. The van der Waals surface area contributed by atoms with Gasteiger partial charge < -0.3 is 19.2 Å². The van der Waals surface area contributed by atoms with E-state index in [1.165, 1.54) is 38.5 Å². The number of benzene rings is 2. The normalized spacial score (nSPS) is 10.4. The Morgan fingerprint density at radius 2 is 1.89 bits per heavy atom. The van der Waals surface area contributed by atoms with Gasteiger partial charge in [0.15, 0.2) is 0 Å². The van der Waals surface area contributed by atoms with Gasteiger partial charge in [0.25, 0.3) is 11.6 Å². The fraction of sp³-hybridized carbons (Fsp3) is 0.111. The van der Waals surface area contributed by atoms with E-state index in [0.717, 1.165) is 0 Å². The van der Waals surface area contributed by atoms with Crippen LogP contribution in [0.3, 0.4) is 0 Å². The average Bonchev–Trinajstić information content (AvgIpc) is 2.67. The third-order valence-electron chi connectivity index (χ3n) is 3.83. The molecule has 0 aliphatic carbocycles. The largest absolute Gasteiger partial charge is 0.497 e. The molecule has 0 aliphatic heterocycles. The third-order valence-corrected chi connectivity index (χ3v) is 3.83. The van der Waals surface area contributed by atoms with Gasteiger partial charge in [-0.3, -0.25) is 14.9 Å². The Hall–Kier alpha value is -3.88. The first-order valence-corrected chi connectivity index (χ1v) is 7.68. The average molecular weight is 370 g/mol. The van der Waals surface area contributed by atoms with Crippen molar-refractivity contribution >= 4 is 28.3 Å². The van der Waals surface area contributed by atoms with Gasteiger partial charge in [-0.2, -0.15) is 0 Å². The van der Waals surface area contributed by atoms with Gasteiger partial charge >= 0.3 is 5.63 Å². The van der Waals surface area contributed by atoms with Crippen molar-refractivity contribution in [3.63, 3.8) is 0 Å². The van der Waals surface area contributed by atoms with E-state index in [1.54, 1.807) is 18.2 Å². The van der Waals surface area contributed by atoms with E-state index in [9.17, 15) is 19.7 Å². The fourth-order valence-corrected chi connectivity index (χ4v) is 2.47. The molecule has 3 rings (SSSR count). The van der Waals surface area contributed by atoms with Crippen LogP contribution in [-0.2, 0) is 0 Å². The van der Waals surface area contributed by atoms with Crippen LogP contribution in [-0.4, -0.2) is 25.1 Å². The number of hydrogen-bond donors (Lipinski definition) is 1. The Bertz CT molecular complexity index is 1100. The summed E-state index contributed by atoms with van der Waals surface area (Å²) in [7, 11) is 2.81. The molecule has 9 nitrogen and oxygen atoms in total. The van der Waals surface area contributed by atoms with E-state index in [4.69, 9.17) is 13.9 Å². The van der Waals surface area contributed by atoms with E-state index >= 15 is 0 Å². The van der Waals surface area contributed by atoms with Crippen molar-refractivity contribution in [2.75, 3.05) is 19.5 Å². The number of fused-ring (bicyclic) bond motifs is 1. The van der Waals surface area contributed by atoms with Gasteiger partial charge in [0, 0.05) is 11.5 Å². The number of carbonyl (C=O) groups excluding carboxylic acids is 1. The predicted octanol–water partition coefficient (Wildman–Crippen LogP) is 2.97. The Labute approximate surface area is 152 Å². The highest BCUT2D eigenvalue weighted by atomic mass is 16.6. The number of ether oxygens (including phenoxy) is 2. The minimum Gasteiger partial charge on any atom is -0.497 e. The lowest BCUT2D eigenvalue weighted by atomic mass is 10.1. The van der Waals surface area contributed by atoms with Crippen molar-refractivity contribution in [2.24, 2.45) is 0 Å². The molecular weight excluding hydrogens is 356 g/mol. The first-order chi connectivity index (χ1) is 12.9. The number of hydrogen-bond acceptors (Lipinski definition) is 7. The number of amides is 1. The van der Waals surface area contributed by atoms with Crippen LogP contribution in [0.5, 0.6) is 11.5 Å². The summed E-state index contributed by atoms with van der Waals surface area (Å²) in [6, 6.07) is 9.91. The molecule has 1 aromatic heterocycles. The molecule has 1 heterocycles. The van der Waals surface area contributed by atoms with E-state index in [-0.39, 0.29) is 22.7 Å². The standard InChI is InChI=1S/C18H14N2O7/c1-25-12-4-6-15-10(7-12)8-13(18(22)27-15)17(21)19-14-5-3-11(20(23)24)9-16(14)26-2/h3-9H,1-2H3,(H,19,21). The molecule has 3 aromatic rings. The van der Waals surface area contributed by atoms with Crippen molar-refractivity contribution in [1.82, 2.24) is 0 Å². The number of rotatable bonds is 5. The molecule has 0 fully saturated rings. The number of nitrogens with zero attached hydrogens (tertiary/aromatic N) is 1. The van der Waals surface area contributed by atoms with Crippen molar-refractivity contribution in [1.29, 1.82) is 0 Å². The predicted molar refractivity (Wildman–Crippen MR) is 96.6 cm³/mol.